The molecule has 0 heterocycles. The Morgan fingerprint density at radius 2 is 1.85 bits per heavy atom. The summed E-state index contributed by atoms with van der Waals surface area (Å²) in [7, 11) is 0. The van der Waals surface area contributed by atoms with Crippen molar-refractivity contribution in [1.29, 1.82) is 0 Å². The summed E-state index contributed by atoms with van der Waals surface area (Å²) in [5.41, 5.74) is 4.18. The molecule has 110 valence electrons. The molecule has 1 aromatic carbocycles. The van der Waals surface area contributed by atoms with E-state index in [0.29, 0.717) is 19.1 Å². The van der Waals surface area contributed by atoms with Gasteiger partial charge in [-0.2, -0.15) is 0 Å². The summed E-state index contributed by atoms with van der Waals surface area (Å²) in [6.45, 7) is 7.21. The number of hydrogen-bond donors (Lipinski definition) is 1. The molecular formula is C17H25NO2. The molecule has 2 rings (SSSR count). The van der Waals surface area contributed by atoms with Gasteiger partial charge in [0.25, 0.3) is 0 Å². The first kappa shape index (κ1) is 15.2. The van der Waals surface area contributed by atoms with Gasteiger partial charge in [-0.1, -0.05) is 24.1 Å². The molecule has 1 N–H and O–H groups in total. The molecule has 0 spiro atoms. The molecule has 1 aromatic rings. The van der Waals surface area contributed by atoms with Gasteiger partial charge in [0, 0.05) is 18.2 Å². The van der Waals surface area contributed by atoms with Crippen LogP contribution in [0.15, 0.2) is 12.1 Å². The fourth-order valence-corrected chi connectivity index (χ4v) is 3.15. The Balaban J connectivity index is 2.14. The van der Waals surface area contributed by atoms with Crippen molar-refractivity contribution in [1.82, 2.24) is 4.90 Å². The minimum absolute atomic E-state index is 0.121. The lowest BCUT2D eigenvalue weighted by Crippen LogP contribution is -2.44. The number of carbonyl (C=O) groups excluding carboxylic acids is 1. The molecule has 0 aromatic heterocycles. The van der Waals surface area contributed by atoms with Crippen LogP contribution in [0.2, 0.25) is 0 Å². The Kier molecular flexibility index (Phi) is 4.95. The minimum Gasteiger partial charge on any atom is -0.395 e. The first-order valence-electron chi connectivity index (χ1n) is 7.49. The Hall–Kier alpha value is -1.19. The van der Waals surface area contributed by atoms with E-state index in [1.165, 1.54) is 12.0 Å². The zero-order chi connectivity index (χ0) is 14.7. The first-order valence-corrected chi connectivity index (χ1v) is 7.49. The number of aliphatic hydroxyl groups is 1. The maximum absolute atomic E-state index is 12.6. The van der Waals surface area contributed by atoms with Crippen molar-refractivity contribution in [3.8, 4) is 0 Å². The van der Waals surface area contributed by atoms with E-state index >= 15 is 0 Å². The lowest BCUT2D eigenvalue weighted by molar-refractivity contribution is 0.0746. The summed E-state index contributed by atoms with van der Waals surface area (Å²) in [6, 6.07) is 4.62. The molecule has 0 amide bonds. The summed E-state index contributed by atoms with van der Waals surface area (Å²) < 4.78 is 0. The second-order valence-corrected chi connectivity index (χ2v) is 5.98. The van der Waals surface area contributed by atoms with Crippen LogP contribution >= 0.6 is 0 Å². The normalized spacial score (nSPS) is 15.4. The van der Waals surface area contributed by atoms with Gasteiger partial charge < -0.3 is 5.11 Å². The molecule has 1 aliphatic rings. The summed E-state index contributed by atoms with van der Waals surface area (Å²) in [6.07, 6.45) is 3.54. The van der Waals surface area contributed by atoms with Crippen molar-refractivity contribution < 1.29 is 9.90 Å². The number of nitrogens with zero attached hydrogens (tertiary/aromatic N) is 1. The van der Waals surface area contributed by atoms with E-state index < -0.39 is 0 Å². The zero-order valence-corrected chi connectivity index (χ0v) is 12.8. The average Bonchev–Trinajstić information content (AvgIpc) is 2.24. The van der Waals surface area contributed by atoms with Gasteiger partial charge in [-0.25, -0.2) is 0 Å². The van der Waals surface area contributed by atoms with Crippen LogP contribution in [0.5, 0.6) is 0 Å². The third kappa shape index (κ3) is 3.28. The molecule has 1 saturated carbocycles. The largest absolute Gasteiger partial charge is 0.395 e. The van der Waals surface area contributed by atoms with Crippen LogP contribution in [-0.4, -0.2) is 41.5 Å². The number of carbonyl (C=O) groups is 1. The molecule has 0 aliphatic heterocycles. The van der Waals surface area contributed by atoms with Gasteiger partial charge in [0.15, 0.2) is 5.78 Å². The van der Waals surface area contributed by atoms with E-state index in [4.69, 9.17) is 0 Å². The SMILES string of the molecule is Cc1cc(C)c(C(=O)CN(CCO)C2CCC2)c(C)c1. The molecule has 0 unspecified atom stereocenters. The Labute approximate surface area is 121 Å². The third-order valence-corrected chi connectivity index (χ3v) is 4.28. The number of ketones is 1. The fourth-order valence-electron chi connectivity index (χ4n) is 3.15. The quantitative estimate of drug-likeness (QED) is 0.811. The monoisotopic (exact) mass is 275 g/mol. The van der Waals surface area contributed by atoms with Crippen molar-refractivity contribution in [3.63, 3.8) is 0 Å². The van der Waals surface area contributed by atoms with E-state index in [9.17, 15) is 9.90 Å². The Morgan fingerprint density at radius 1 is 1.25 bits per heavy atom. The molecule has 0 atom stereocenters. The molecule has 3 nitrogen and oxygen atoms in total. The highest BCUT2D eigenvalue weighted by Crippen LogP contribution is 2.25. The number of rotatable bonds is 6. The molecule has 1 fully saturated rings. The van der Waals surface area contributed by atoms with Gasteiger partial charge in [0.05, 0.1) is 13.2 Å². The van der Waals surface area contributed by atoms with Gasteiger partial charge in [0.1, 0.15) is 0 Å². The van der Waals surface area contributed by atoms with Gasteiger partial charge in [-0.05, 0) is 44.7 Å². The van der Waals surface area contributed by atoms with Crippen LogP contribution in [-0.2, 0) is 0 Å². The van der Waals surface area contributed by atoms with Gasteiger partial charge in [-0.15, -0.1) is 0 Å². The Bertz CT molecular complexity index is 469. The van der Waals surface area contributed by atoms with Crippen LogP contribution in [0.1, 0.15) is 46.3 Å². The minimum atomic E-state index is 0.121. The lowest BCUT2D eigenvalue weighted by atomic mass is 9.90. The van der Waals surface area contributed by atoms with Crippen molar-refractivity contribution in [3.05, 3.63) is 34.4 Å². The molecule has 0 radical (unpaired) electrons. The molecule has 1 aliphatic carbocycles. The van der Waals surface area contributed by atoms with Crippen LogP contribution in [0.4, 0.5) is 0 Å². The average molecular weight is 275 g/mol. The first-order chi connectivity index (χ1) is 9.52. The smallest absolute Gasteiger partial charge is 0.177 e. The number of aliphatic hydroxyl groups excluding tert-OH is 1. The second kappa shape index (κ2) is 6.51. The van der Waals surface area contributed by atoms with Crippen LogP contribution in [0.3, 0.4) is 0 Å². The number of Topliss-reactive ketones (excluding diaryl/α,β-unsaturated/α-hetero) is 1. The van der Waals surface area contributed by atoms with E-state index in [2.05, 4.69) is 24.0 Å². The van der Waals surface area contributed by atoms with Crippen molar-refractivity contribution in [2.75, 3.05) is 19.7 Å². The summed E-state index contributed by atoms with van der Waals surface area (Å²) in [4.78, 5) is 14.7. The predicted octanol–water partition coefficient (Wildman–Crippen LogP) is 2.64. The fraction of sp³-hybridized carbons (Fsp3) is 0.588. The van der Waals surface area contributed by atoms with Gasteiger partial charge in [-0.3, -0.25) is 9.69 Å². The zero-order valence-electron chi connectivity index (χ0n) is 12.8. The van der Waals surface area contributed by atoms with Crippen LogP contribution in [0.25, 0.3) is 0 Å². The standard InChI is InChI=1S/C17H25NO2/c1-12-9-13(2)17(14(3)10-12)16(20)11-18(7-8-19)15-5-4-6-15/h9-10,15,19H,4-8,11H2,1-3H3. The van der Waals surface area contributed by atoms with E-state index in [-0.39, 0.29) is 12.4 Å². The highest BCUT2D eigenvalue weighted by molar-refractivity contribution is 6.00. The van der Waals surface area contributed by atoms with Gasteiger partial charge >= 0.3 is 0 Å². The second-order valence-electron chi connectivity index (χ2n) is 5.98. The maximum atomic E-state index is 12.6. The Morgan fingerprint density at radius 3 is 2.30 bits per heavy atom. The van der Waals surface area contributed by atoms with Crippen molar-refractivity contribution in [2.24, 2.45) is 0 Å². The molecule has 0 bridgehead atoms. The summed E-state index contributed by atoms with van der Waals surface area (Å²) in [5, 5.41) is 9.18. The van der Waals surface area contributed by atoms with Crippen molar-refractivity contribution in [2.45, 2.75) is 46.1 Å². The van der Waals surface area contributed by atoms with Crippen LogP contribution < -0.4 is 0 Å². The van der Waals surface area contributed by atoms with Crippen molar-refractivity contribution >= 4 is 5.78 Å². The van der Waals surface area contributed by atoms with E-state index in [1.54, 1.807) is 0 Å². The molecule has 0 saturated heterocycles. The maximum Gasteiger partial charge on any atom is 0.177 e. The molecule has 20 heavy (non-hydrogen) atoms. The predicted molar refractivity (Wildman–Crippen MR) is 81.3 cm³/mol. The topological polar surface area (TPSA) is 40.5 Å². The van der Waals surface area contributed by atoms with E-state index in [0.717, 1.165) is 29.5 Å². The number of aryl methyl sites for hydroxylation is 3. The van der Waals surface area contributed by atoms with Crippen LogP contribution in [0, 0.1) is 20.8 Å². The summed E-state index contributed by atoms with van der Waals surface area (Å²) >= 11 is 0. The summed E-state index contributed by atoms with van der Waals surface area (Å²) in [5.74, 6) is 0.181. The van der Waals surface area contributed by atoms with Gasteiger partial charge in [0.2, 0.25) is 0 Å². The molecular weight excluding hydrogens is 250 g/mol. The highest BCUT2D eigenvalue weighted by Gasteiger charge is 2.27. The lowest BCUT2D eigenvalue weighted by Gasteiger charge is -2.36. The molecule has 3 heteroatoms. The highest BCUT2D eigenvalue weighted by atomic mass is 16.3. The number of benzene rings is 1. The number of hydrogen-bond acceptors (Lipinski definition) is 3. The van der Waals surface area contributed by atoms with E-state index in [1.807, 2.05) is 13.8 Å². The third-order valence-electron chi connectivity index (χ3n) is 4.28.